The Morgan fingerprint density at radius 2 is 1.83 bits per heavy atom. The summed E-state index contributed by atoms with van der Waals surface area (Å²) in [4.78, 5) is 20.4. The number of nitrogens with zero attached hydrogens (tertiary/aromatic N) is 4. The molecule has 1 saturated heterocycles. The highest BCUT2D eigenvalue weighted by Gasteiger charge is 2.33. The van der Waals surface area contributed by atoms with Gasteiger partial charge in [-0.15, -0.1) is 0 Å². The highest BCUT2D eigenvalue weighted by molar-refractivity contribution is 5.75. The van der Waals surface area contributed by atoms with Crippen LogP contribution in [0.5, 0.6) is 0 Å². The zero-order valence-electron chi connectivity index (χ0n) is 13.5. The topological polar surface area (TPSA) is 61.6 Å². The first kappa shape index (κ1) is 15.6. The molecule has 1 aromatic carbocycles. The van der Waals surface area contributed by atoms with Crippen LogP contribution in [0, 0.1) is 6.92 Å². The smallest absolute Gasteiger partial charge is 0.327 e. The molecule has 2 heterocycles. The lowest BCUT2D eigenvalue weighted by Gasteiger charge is -2.39. The second kappa shape index (κ2) is 6.42. The van der Waals surface area contributed by atoms with Crippen LogP contribution in [0.3, 0.4) is 0 Å². The van der Waals surface area contributed by atoms with Crippen molar-refractivity contribution < 1.29 is 9.90 Å². The summed E-state index contributed by atoms with van der Waals surface area (Å²) in [7, 11) is 1.85. The van der Waals surface area contributed by atoms with Gasteiger partial charge in [0.05, 0.1) is 17.7 Å². The van der Waals surface area contributed by atoms with E-state index in [1.165, 1.54) is 5.69 Å². The predicted octanol–water partition coefficient (Wildman–Crippen LogP) is 1.68. The number of aliphatic carboxylic acids is 1. The molecule has 0 radical (unpaired) electrons. The monoisotopic (exact) mass is 314 g/mol. The van der Waals surface area contributed by atoms with Crippen molar-refractivity contribution in [2.75, 3.05) is 31.1 Å². The fraction of sp³-hybridized carbons (Fsp3) is 0.412. The van der Waals surface area contributed by atoms with Crippen LogP contribution >= 0.6 is 0 Å². The number of piperazine rings is 1. The minimum Gasteiger partial charge on any atom is -0.480 e. The summed E-state index contributed by atoms with van der Waals surface area (Å²) >= 11 is 0. The fourth-order valence-electron chi connectivity index (χ4n) is 3.27. The lowest BCUT2D eigenvalue weighted by molar-refractivity contribution is -0.144. The molecule has 0 spiro atoms. The zero-order valence-corrected chi connectivity index (χ0v) is 13.5. The van der Waals surface area contributed by atoms with Gasteiger partial charge in [-0.05, 0) is 19.1 Å². The van der Waals surface area contributed by atoms with Crippen LogP contribution in [0.1, 0.15) is 17.4 Å². The van der Waals surface area contributed by atoms with Gasteiger partial charge in [-0.1, -0.05) is 18.2 Å². The highest BCUT2D eigenvalue weighted by Crippen LogP contribution is 2.26. The summed E-state index contributed by atoms with van der Waals surface area (Å²) in [5.74, 6) is -0.815. The number of aromatic nitrogens is 2. The Labute approximate surface area is 136 Å². The van der Waals surface area contributed by atoms with Crippen molar-refractivity contribution in [3.05, 3.63) is 48.0 Å². The van der Waals surface area contributed by atoms with E-state index in [4.69, 9.17) is 0 Å². The SMILES string of the molecule is Cc1ncn(C)c1C(C(=O)O)N1CCN(c2ccccc2)CC1. The van der Waals surface area contributed by atoms with E-state index in [0.29, 0.717) is 0 Å². The second-order valence-corrected chi connectivity index (χ2v) is 5.93. The van der Waals surface area contributed by atoms with Gasteiger partial charge in [-0.25, -0.2) is 4.98 Å². The van der Waals surface area contributed by atoms with Crippen molar-refractivity contribution in [2.24, 2.45) is 7.05 Å². The Morgan fingerprint density at radius 3 is 2.35 bits per heavy atom. The van der Waals surface area contributed by atoms with E-state index in [-0.39, 0.29) is 0 Å². The summed E-state index contributed by atoms with van der Waals surface area (Å²) < 4.78 is 1.82. The zero-order chi connectivity index (χ0) is 16.4. The number of para-hydroxylation sites is 1. The molecule has 0 aliphatic carbocycles. The molecule has 1 aliphatic heterocycles. The van der Waals surface area contributed by atoms with E-state index in [9.17, 15) is 9.90 Å². The Balaban J connectivity index is 1.76. The summed E-state index contributed by atoms with van der Waals surface area (Å²) in [6.45, 7) is 4.95. The molecular weight excluding hydrogens is 292 g/mol. The first-order valence-corrected chi connectivity index (χ1v) is 7.82. The molecule has 2 aromatic rings. The molecule has 6 nitrogen and oxygen atoms in total. The van der Waals surface area contributed by atoms with Crippen molar-refractivity contribution in [1.82, 2.24) is 14.5 Å². The Morgan fingerprint density at radius 1 is 1.17 bits per heavy atom. The number of imidazole rings is 1. The van der Waals surface area contributed by atoms with Gasteiger partial charge in [0.15, 0.2) is 6.04 Å². The van der Waals surface area contributed by atoms with E-state index < -0.39 is 12.0 Å². The third kappa shape index (κ3) is 3.07. The molecular formula is C17H22N4O2. The number of hydrogen-bond donors (Lipinski definition) is 1. The molecule has 1 atom stereocenters. The normalized spacial score (nSPS) is 17.2. The maximum absolute atomic E-state index is 11.9. The lowest BCUT2D eigenvalue weighted by Crippen LogP contribution is -2.49. The number of carboxylic acid groups (broad SMARTS) is 1. The van der Waals surface area contributed by atoms with Gasteiger partial charge in [-0.3, -0.25) is 9.69 Å². The van der Waals surface area contributed by atoms with Gasteiger partial charge in [0.25, 0.3) is 0 Å². The van der Waals surface area contributed by atoms with Crippen LogP contribution in [0.15, 0.2) is 36.7 Å². The van der Waals surface area contributed by atoms with Gasteiger partial charge in [0.2, 0.25) is 0 Å². The molecule has 1 fully saturated rings. The van der Waals surface area contributed by atoms with Gasteiger partial charge < -0.3 is 14.6 Å². The van der Waals surface area contributed by atoms with E-state index >= 15 is 0 Å². The molecule has 3 rings (SSSR count). The number of carbonyl (C=O) groups is 1. The van der Waals surface area contributed by atoms with Crippen LogP contribution in [-0.4, -0.2) is 51.7 Å². The van der Waals surface area contributed by atoms with Gasteiger partial charge in [-0.2, -0.15) is 0 Å². The summed E-state index contributed by atoms with van der Waals surface area (Å²) in [6.07, 6.45) is 1.68. The number of benzene rings is 1. The molecule has 0 saturated carbocycles. The van der Waals surface area contributed by atoms with E-state index in [0.717, 1.165) is 37.6 Å². The van der Waals surface area contributed by atoms with Gasteiger partial charge >= 0.3 is 5.97 Å². The number of carboxylic acids is 1. The van der Waals surface area contributed by atoms with Crippen LogP contribution in [0.2, 0.25) is 0 Å². The lowest BCUT2D eigenvalue weighted by atomic mass is 10.1. The third-order valence-electron chi connectivity index (χ3n) is 4.47. The molecule has 23 heavy (non-hydrogen) atoms. The molecule has 122 valence electrons. The van der Waals surface area contributed by atoms with Crippen molar-refractivity contribution in [3.63, 3.8) is 0 Å². The quantitative estimate of drug-likeness (QED) is 0.930. The summed E-state index contributed by atoms with van der Waals surface area (Å²) in [5, 5.41) is 9.73. The van der Waals surface area contributed by atoms with Gasteiger partial charge in [0, 0.05) is 38.9 Å². The van der Waals surface area contributed by atoms with Crippen LogP contribution in [0.4, 0.5) is 5.69 Å². The van der Waals surface area contributed by atoms with E-state index in [1.54, 1.807) is 6.33 Å². The number of anilines is 1. The largest absolute Gasteiger partial charge is 0.480 e. The van der Waals surface area contributed by atoms with E-state index in [2.05, 4.69) is 22.0 Å². The maximum atomic E-state index is 11.9. The number of hydrogen-bond acceptors (Lipinski definition) is 4. The molecule has 0 bridgehead atoms. The van der Waals surface area contributed by atoms with Crippen LogP contribution < -0.4 is 4.90 Å². The third-order valence-corrected chi connectivity index (χ3v) is 4.47. The van der Waals surface area contributed by atoms with Crippen molar-refractivity contribution in [1.29, 1.82) is 0 Å². The first-order valence-electron chi connectivity index (χ1n) is 7.82. The Hall–Kier alpha value is -2.34. The van der Waals surface area contributed by atoms with Gasteiger partial charge in [0.1, 0.15) is 0 Å². The minimum atomic E-state index is -0.815. The molecule has 6 heteroatoms. The van der Waals surface area contributed by atoms with Crippen molar-refractivity contribution >= 4 is 11.7 Å². The summed E-state index contributed by atoms with van der Waals surface area (Å²) in [5.41, 5.74) is 2.74. The molecule has 1 unspecified atom stereocenters. The molecule has 1 aliphatic rings. The Bertz CT molecular complexity index is 656. The summed E-state index contributed by atoms with van der Waals surface area (Å²) in [6, 6.07) is 9.61. The van der Waals surface area contributed by atoms with Crippen molar-refractivity contribution in [2.45, 2.75) is 13.0 Å². The first-order chi connectivity index (χ1) is 11.1. The number of rotatable bonds is 4. The van der Waals surface area contributed by atoms with Crippen LogP contribution in [0.25, 0.3) is 0 Å². The maximum Gasteiger partial charge on any atom is 0.327 e. The van der Waals surface area contributed by atoms with Crippen molar-refractivity contribution in [3.8, 4) is 0 Å². The second-order valence-electron chi connectivity index (χ2n) is 5.93. The highest BCUT2D eigenvalue weighted by atomic mass is 16.4. The predicted molar refractivity (Wildman–Crippen MR) is 88.5 cm³/mol. The molecule has 1 N–H and O–H groups in total. The average Bonchev–Trinajstić information content (AvgIpc) is 2.89. The molecule has 0 amide bonds. The minimum absolute atomic E-state index is 0.638. The average molecular weight is 314 g/mol. The van der Waals surface area contributed by atoms with E-state index in [1.807, 2.05) is 41.6 Å². The standard InChI is InChI=1S/C17H22N4O2/c1-13-15(19(2)12-18-13)16(17(22)23)21-10-8-20(9-11-21)14-6-4-3-5-7-14/h3-7,12,16H,8-11H2,1-2H3,(H,22,23). The molecule has 1 aromatic heterocycles. The van der Waals surface area contributed by atoms with Crippen LogP contribution in [-0.2, 0) is 11.8 Å². The fourth-order valence-corrected chi connectivity index (χ4v) is 3.27. The Kier molecular flexibility index (Phi) is 4.34. The number of aryl methyl sites for hydroxylation is 2.